The summed E-state index contributed by atoms with van der Waals surface area (Å²) >= 11 is 0. The molecule has 0 saturated heterocycles. The Balaban J connectivity index is 1.57. The van der Waals surface area contributed by atoms with Gasteiger partial charge in [-0.2, -0.15) is 0 Å². The SMILES string of the molecule is CC(C)(C)[Si](OCCC[C@@H](C#Cc1ccccc1)c1ccccc1)(c1ccccc1)c1ccccc1. The minimum atomic E-state index is -2.51. The maximum atomic E-state index is 7.11. The summed E-state index contributed by atoms with van der Waals surface area (Å²) < 4.78 is 7.11. The van der Waals surface area contributed by atoms with Crippen LogP contribution in [0.3, 0.4) is 0 Å². The zero-order valence-corrected chi connectivity index (χ0v) is 22.7. The molecule has 1 atom stereocenters. The highest BCUT2D eigenvalue weighted by Crippen LogP contribution is 2.37. The average molecular weight is 489 g/mol. The highest BCUT2D eigenvalue weighted by Gasteiger charge is 2.49. The van der Waals surface area contributed by atoms with Crippen LogP contribution in [0, 0.1) is 11.8 Å². The van der Waals surface area contributed by atoms with Crippen LogP contribution in [0.15, 0.2) is 121 Å². The molecule has 0 fully saturated rings. The fourth-order valence-electron chi connectivity index (χ4n) is 4.97. The van der Waals surface area contributed by atoms with Crippen molar-refractivity contribution in [1.29, 1.82) is 0 Å². The summed E-state index contributed by atoms with van der Waals surface area (Å²) in [6.07, 6.45) is 1.91. The average Bonchev–Trinajstić information content (AvgIpc) is 2.92. The van der Waals surface area contributed by atoms with Gasteiger partial charge in [0.1, 0.15) is 0 Å². The van der Waals surface area contributed by atoms with Crippen LogP contribution in [0.2, 0.25) is 5.04 Å². The third-order valence-corrected chi connectivity index (χ3v) is 11.8. The summed E-state index contributed by atoms with van der Waals surface area (Å²) in [5.41, 5.74) is 2.33. The number of hydrogen-bond acceptors (Lipinski definition) is 1. The van der Waals surface area contributed by atoms with Crippen LogP contribution in [0.4, 0.5) is 0 Å². The van der Waals surface area contributed by atoms with E-state index in [2.05, 4.69) is 136 Å². The smallest absolute Gasteiger partial charge is 0.261 e. The Morgan fingerprint density at radius 2 is 1.14 bits per heavy atom. The summed E-state index contributed by atoms with van der Waals surface area (Å²) in [7, 11) is -2.51. The lowest BCUT2D eigenvalue weighted by molar-refractivity contribution is 0.287. The molecule has 0 bridgehead atoms. The van der Waals surface area contributed by atoms with Gasteiger partial charge in [0.2, 0.25) is 0 Å². The van der Waals surface area contributed by atoms with Crippen LogP contribution in [-0.4, -0.2) is 14.9 Å². The quantitative estimate of drug-likeness (QED) is 0.145. The summed E-state index contributed by atoms with van der Waals surface area (Å²) in [6, 6.07) is 42.6. The van der Waals surface area contributed by atoms with E-state index in [4.69, 9.17) is 4.43 Å². The van der Waals surface area contributed by atoms with Crippen LogP contribution in [0.5, 0.6) is 0 Å². The molecule has 1 nitrogen and oxygen atoms in total. The van der Waals surface area contributed by atoms with E-state index in [1.807, 2.05) is 18.2 Å². The number of benzene rings is 4. The number of hydrogen-bond donors (Lipinski definition) is 0. The van der Waals surface area contributed by atoms with Crippen molar-refractivity contribution in [1.82, 2.24) is 0 Å². The highest BCUT2D eigenvalue weighted by molar-refractivity contribution is 6.99. The van der Waals surface area contributed by atoms with Crippen molar-refractivity contribution in [2.24, 2.45) is 0 Å². The van der Waals surface area contributed by atoms with Crippen molar-refractivity contribution in [2.75, 3.05) is 6.61 Å². The van der Waals surface area contributed by atoms with Gasteiger partial charge in [0.15, 0.2) is 0 Å². The molecule has 4 aromatic rings. The van der Waals surface area contributed by atoms with Gasteiger partial charge in [-0.3, -0.25) is 0 Å². The lowest BCUT2D eigenvalue weighted by Crippen LogP contribution is -2.66. The lowest BCUT2D eigenvalue weighted by Gasteiger charge is -2.43. The van der Waals surface area contributed by atoms with Crippen molar-refractivity contribution in [3.63, 3.8) is 0 Å². The fraction of sp³-hybridized carbons (Fsp3) is 0.235. The van der Waals surface area contributed by atoms with Gasteiger partial charge in [-0.15, -0.1) is 0 Å². The van der Waals surface area contributed by atoms with Crippen molar-refractivity contribution in [3.8, 4) is 11.8 Å². The molecule has 0 aliphatic heterocycles. The third-order valence-electron chi connectivity index (χ3n) is 6.74. The molecule has 0 spiro atoms. The van der Waals surface area contributed by atoms with E-state index in [1.54, 1.807) is 0 Å². The Morgan fingerprint density at radius 3 is 1.64 bits per heavy atom. The van der Waals surface area contributed by atoms with Crippen molar-refractivity contribution >= 4 is 18.7 Å². The first-order valence-electron chi connectivity index (χ1n) is 12.9. The van der Waals surface area contributed by atoms with Crippen molar-refractivity contribution in [2.45, 2.75) is 44.6 Å². The Labute approximate surface area is 218 Å². The monoisotopic (exact) mass is 488 g/mol. The Morgan fingerprint density at radius 1 is 0.667 bits per heavy atom. The van der Waals surface area contributed by atoms with Gasteiger partial charge in [-0.05, 0) is 45.9 Å². The van der Waals surface area contributed by atoms with Gasteiger partial charge in [0.25, 0.3) is 8.32 Å². The van der Waals surface area contributed by atoms with E-state index in [-0.39, 0.29) is 11.0 Å². The lowest BCUT2D eigenvalue weighted by atomic mass is 9.94. The van der Waals surface area contributed by atoms with E-state index < -0.39 is 8.32 Å². The predicted molar refractivity (Wildman–Crippen MR) is 155 cm³/mol. The van der Waals surface area contributed by atoms with Crippen LogP contribution in [-0.2, 0) is 4.43 Å². The first-order valence-corrected chi connectivity index (χ1v) is 14.8. The van der Waals surface area contributed by atoms with E-state index >= 15 is 0 Å². The Hall–Kier alpha value is -3.38. The minimum Gasteiger partial charge on any atom is -0.407 e. The third kappa shape index (κ3) is 6.05. The van der Waals surface area contributed by atoms with E-state index in [0.717, 1.165) is 18.4 Å². The maximum Gasteiger partial charge on any atom is 0.261 e. The first kappa shape index (κ1) is 25.7. The second kappa shape index (κ2) is 12.0. The summed E-state index contributed by atoms with van der Waals surface area (Å²) in [6.45, 7) is 7.70. The molecule has 36 heavy (non-hydrogen) atoms. The molecule has 0 aliphatic carbocycles. The van der Waals surface area contributed by atoms with Gasteiger partial charge in [-0.1, -0.05) is 142 Å². The molecular weight excluding hydrogens is 452 g/mol. The molecule has 0 heterocycles. The second-order valence-electron chi connectivity index (χ2n) is 10.3. The van der Waals surface area contributed by atoms with Gasteiger partial charge in [0, 0.05) is 18.1 Å². The second-order valence-corrected chi connectivity index (χ2v) is 14.6. The van der Waals surface area contributed by atoms with Crippen LogP contribution in [0.1, 0.15) is 50.7 Å². The molecule has 4 aromatic carbocycles. The fourth-order valence-corrected chi connectivity index (χ4v) is 9.58. The molecule has 0 unspecified atom stereocenters. The van der Waals surface area contributed by atoms with E-state index in [9.17, 15) is 0 Å². The zero-order valence-electron chi connectivity index (χ0n) is 21.7. The molecule has 0 amide bonds. The van der Waals surface area contributed by atoms with Gasteiger partial charge < -0.3 is 4.43 Å². The highest BCUT2D eigenvalue weighted by atomic mass is 28.4. The standard InChI is InChI=1S/C34H36OSi/c1-34(2,3)36(32-22-12-6-13-23-32,33-24-14-7-15-25-33)35-28-16-21-31(30-19-10-5-11-20-30)27-26-29-17-8-4-9-18-29/h4-15,17-20,22-25,31H,16,21,28H2,1-3H3/t31-/m0/s1. The molecule has 2 heteroatoms. The molecule has 0 aliphatic rings. The van der Waals surface area contributed by atoms with E-state index in [1.165, 1.54) is 15.9 Å². The molecular formula is C34H36OSi. The largest absolute Gasteiger partial charge is 0.407 e. The maximum absolute atomic E-state index is 7.11. The van der Waals surface area contributed by atoms with E-state index in [0.29, 0.717) is 6.61 Å². The summed E-state index contributed by atoms with van der Waals surface area (Å²) in [5, 5.41) is 2.64. The molecule has 4 rings (SSSR count). The zero-order chi connectivity index (χ0) is 25.3. The van der Waals surface area contributed by atoms with Gasteiger partial charge in [0.05, 0.1) is 0 Å². The molecule has 0 N–H and O–H groups in total. The Bertz CT molecular complexity index is 1210. The van der Waals surface area contributed by atoms with Crippen LogP contribution < -0.4 is 10.4 Å². The molecule has 182 valence electrons. The predicted octanol–water partition coefficient (Wildman–Crippen LogP) is 7.18. The first-order chi connectivity index (χ1) is 17.5. The Kier molecular flexibility index (Phi) is 8.60. The number of rotatable bonds is 8. The summed E-state index contributed by atoms with van der Waals surface area (Å²) in [5.74, 6) is 7.12. The van der Waals surface area contributed by atoms with Crippen molar-refractivity contribution < 1.29 is 4.43 Å². The van der Waals surface area contributed by atoms with Gasteiger partial charge >= 0.3 is 0 Å². The molecule has 0 saturated carbocycles. The molecule has 0 radical (unpaired) electrons. The summed E-state index contributed by atoms with van der Waals surface area (Å²) in [4.78, 5) is 0. The van der Waals surface area contributed by atoms with Crippen LogP contribution in [0.25, 0.3) is 0 Å². The normalized spacial score (nSPS) is 12.4. The minimum absolute atomic E-state index is 0.0122. The van der Waals surface area contributed by atoms with Crippen molar-refractivity contribution in [3.05, 3.63) is 132 Å². The van der Waals surface area contributed by atoms with Gasteiger partial charge in [-0.25, -0.2) is 0 Å². The topological polar surface area (TPSA) is 9.23 Å². The molecule has 0 aromatic heterocycles. The van der Waals surface area contributed by atoms with Crippen LogP contribution >= 0.6 is 0 Å².